The summed E-state index contributed by atoms with van der Waals surface area (Å²) in [6.07, 6.45) is 2.40. The second-order valence-electron chi connectivity index (χ2n) is 7.32. The maximum Gasteiger partial charge on any atom is 0.0462 e. The minimum Gasteiger partial charge on any atom is -0.385 e. The summed E-state index contributed by atoms with van der Waals surface area (Å²) in [7, 11) is 1.78. The Morgan fingerprint density at radius 3 is 2.50 bits per heavy atom. The van der Waals surface area contributed by atoms with Crippen molar-refractivity contribution in [1.29, 1.82) is 0 Å². The normalized spacial score (nSPS) is 25.3. The molecule has 1 unspecified atom stereocenters. The largest absolute Gasteiger partial charge is 0.385 e. The molecule has 1 heterocycles. The van der Waals surface area contributed by atoms with Crippen LogP contribution in [0, 0.1) is 5.41 Å². The second-order valence-corrected chi connectivity index (χ2v) is 7.32. The molecule has 1 aliphatic rings. The second kappa shape index (κ2) is 6.36. The van der Waals surface area contributed by atoms with Crippen LogP contribution in [0.25, 0.3) is 0 Å². The van der Waals surface area contributed by atoms with Crippen LogP contribution >= 0.6 is 0 Å². The van der Waals surface area contributed by atoms with E-state index in [1.54, 1.807) is 7.11 Å². The Morgan fingerprint density at radius 1 is 1.28 bits per heavy atom. The molecule has 0 aromatic rings. The number of hydrogen-bond donors (Lipinski definition) is 1. The first-order valence-electron chi connectivity index (χ1n) is 7.24. The van der Waals surface area contributed by atoms with Crippen LogP contribution in [0.1, 0.15) is 47.5 Å². The Balaban J connectivity index is 2.55. The van der Waals surface area contributed by atoms with Crippen molar-refractivity contribution in [1.82, 2.24) is 10.2 Å². The van der Waals surface area contributed by atoms with Crippen molar-refractivity contribution in [2.24, 2.45) is 5.41 Å². The average molecular weight is 256 g/mol. The number of methoxy groups -OCH3 is 1. The van der Waals surface area contributed by atoms with Gasteiger partial charge in [0, 0.05) is 38.4 Å². The van der Waals surface area contributed by atoms with Gasteiger partial charge in [-0.3, -0.25) is 4.90 Å². The molecule has 1 saturated heterocycles. The van der Waals surface area contributed by atoms with Gasteiger partial charge in [0.05, 0.1) is 0 Å². The highest BCUT2D eigenvalue weighted by Gasteiger charge is 2.37. The van der Waals surface area contributed by atoms with Crippen molar-refractivity contribution in [3.05, 3.63) is 0 Å². The first kappa shape index (κ1) is 15.9. The molecule has 0 aliphatic carbocycles. The van der Waals surface area contributed by atoms with Crippen LogP contribution in [0.3, 0.4) is 0 Å². The molecule has 1 aliphatic heterocycles. The van der Waals surface area contributed by atoms with Crippen LogP contribution < -0.4 is 5.32 Å². The fraction of sp³-hybridized carbons (Fsp3) is 1.00. The minimum atomic E-state index is 0.239. The summed E-state index contributed by atoms with van der Waals surface area (Å²) < 4.78 is 5.14. The summed E-state index contributed by atoms with van der Waals surface area (Å²) in [4.78, 5) is 2.67. The molecule has 0 radical (unpaired) electrons. The van der Waals surface area contributed by atoms with Gasteiger partial charge < -0.3 is 10.1 Å². The van der Waals surface area contributed by atoms with E-state index in [0.717, 1.165) is 26.1 Å². The van der Waals surface area contributed by atoms with Crippen LogP contribution in [0.15, 0.2) is 0 Å². The van der Waals surface area contributed by atoms with Crippen molar-refractivity contribution in [2.45, 2.75) is 59.0 Å². The number of nitrogens with one attached hydrogen (secondary N) is 1. The van der Waals surface area contributed by atoms with Crippen LogP contribution in [-0.4, -0.2) is 49.8 Å². The Kier molecular flexibility index (Phi) is 5.63. The summed E-state index contributed by atoms with van der Waals surface area (Å²) in [6, 6.07) is 0.632. The van der Waals surface area contributed by atoms with E-state index in [1.165, 1.54) is 13.0 Å². The molecule has 1 fully saturated rings. The SMILES string of the molecule is COCCCCN1CC(C)(C)NCC1C(C)(C)C. The molecule has 1 atom stereocenters. The third-order valence-corrected chi connectivity index (χ3v) is 3.86. The predicted octanol–water partition coefficient (Wildman–Crippen LogP) is 2.51. The van der Waals surface area contributed by atoms with E-state index in [-0.39, 0.29) is 5.54 Å². The van der Waals surface area contributed by atoms with Crippen molar-refractivity contribution in [2.75, 3.05) is 33.4 Å². The van der Waals surface area contributed by atoms with Gasteiger partial charge in [-0.2, -0.15) is 0 Å². The Morgan fingerprint density at radius 2 is 1.94 bits per heavy atom. The monoisotopic (exact) mass is 256 g/mol. The standard InChI is InChI=1S/C15H32N2O/c1-14(2,3)13-11-16-15(4,5)12-17(13)9-7-8-10-18-6/h13,16H,7-12H2,1-6H3. The molecule has 0 bridgehead atoms. The maximum atomic E-state index is 5.14. The van der Waals surface area contributed by atoms with E-state index in [1.807, 2.05) is 0 Å². The summed E-state index contributed by atoms with van der Waals surface area (Å²) in [6.45, 7) is 16.0. The van der Waals surface area contributed by atoms with Crippen molar-refractivity contribution < 1.29 is 4.74 Å². The summed E-state index contributed by atoms with van der Waals surface area (Å²) >= 11 is 0. The van der Waals surface area contributed by atoms with Crippen LogP contribution in [0.4, 0.5) is 0 Å². The molecule has 1 N–H and O–H groups in total. The van der Waals surface area contributed by atoms with Gasteiger partial charge >= 0.3 is 0 Å². The molecule has 1 rings (SSSR count). The van der Waals surface area contributed by atoms with Gasteiger partial charge in [-0.1, -0.05) is 20.8 Å². The molecule has 3 nitrogen and oxygen atoms in total. The molecule has 3 heteroatoms. The number of unbranched alkanes of at least 4 members (excludes halogenated alkanes) is 1. The fourth-order valence-corrected chi connectivity index (χ4v) is 2.83. The van der Waals surface area contributed by atoms with Crippen molar-refractivity contribution in [3.63, 3.8) is 0 Å². The lowest BCUT2D eigenvalue weighted by Gasteiger charge is -2.49. The van der Waals surface area contributed by atoms with E-state index in [2.05, 4.69) is 44.8 Å². The van der Waals surface area contributed by atoms with Gasteiger partial charge in [0.2, 0.25) is 0 Å². The molecule has 0 spiro atoms. The molecular weight excluding hydrogens is 224 g/mol. The fourth-order valence-electron chi connectivity index (χ4n) is 2.83. The highest BCUT2D eigenvalue weighted by molar-refractivity contribution is 4.96. The van der Waals surface area contributed by atoms with E-state index < -0.39 is 0 Å². The Labute approximate surface area is 113 Å². The predicted molar refractivity (Wildman–Crippen MR) is 78.0 cm³/mol. The van der Waals surface area contributed by atoms with Crippen molar-refractivity contribution in [3.8, 4) is 0 Å². The smallest absolute Gasteiger partial charge is 0.0462 e. The van der Waals surface area contributed by atoms with Crippen LogP contribution in [0.5, 0.6) is 0 Å². The third-order valence-electron chi connectivity index (χ3n) is 3.86. The number of rotatable bonds is 5. The summed E-state index contributed by atoms with van der Waals surface area (Å²) in [5.41, 5.74) is 0.577. The van der Waals surface area contributed by atoms with Crippen molar-refractivity contribution >= 4 is 0 Å². The number of piperazine rings is 1. The van der Waals surface area contributed by atoms with E-state index in [0.29, 0.717) is 11.5 Å². The highest BCUT2D eigenvalue weighted by atomic mass is 16.5. The summed E-state index contributed by atoms with van der Waals surface area (Å²) in [5, 5.41) is 3.68. The molecule has 108 valence electrons. The lowest BCUT2D eigenvalue weighted by atomic mass is 9.82. The number of hydrogen-bond acceptors (Lipinski definition) is 3. The quantitative estimate of drug-likeness (QED) is 0.765. The first-order chi connectivity index (χ1) is 8.26. The number of ether oxygens (including phenoxy) is 1. The molecular formula is C15H32N2O. The molecule has 0 amide bonds. The highest BCUT2D eigenvalue weighted by Crippen LogP contribution is 2.28. The van der Waals surface area contributed by atoms with Crippen LogP contribution in [0.2, 0.25) is 0 Å². The topological polar surface area (TPSA) is 24.5 Å². The van der Waals surface area contributed by atoms with Gasteiger partial charge in [-0.05, 0) is 38.6 Å². The van der Waals surface area contributed by atoms with Gasteiger partial charge in [0.15, 0.2) is 0 Å². The first-order valence-corrected chi connectivity index (χ1v) is 7.24. The Hall–Kier alpha value is -0.120. The van der Waals surface area contributed by atoms with Crippen LogP contribution in [-0.2, 0) is 4.74 Å². The zero-order chi connectivity index (χ0) is 13.8. The maximum absolute atomic E-state index is 5.14. The molecule has 0 aromatic carbocycles. The minimum absolute atomic E-state index is 0.239. The molecule has 0 saturated carbocycles. The van der Waals surface area contributed by atoms with Gasteiger partial charge in [-0.25, -0.2) is 0 Å². The van der Waals surface area contributed by atoms with Gasteiger partial charge in [-0.15, -0.1) is 0 Å². The van der Waals surface area contributed by atoms with E-state index in [4.69, 9.17) is 4.74 Å². The number of nitrogens with zero attached hydrogens (tertiary/aromatic N) is 1. The average Bonchev–Trinajstić information content (AvgIpc) is 2.21. The van der Waals surface area contributed by atoms with Gasteiger partial charge in [0.25, 0.3) is 0 Å². The Bertz CT molecular complexity index is 245. The molecule has 18 heavy (non-hydrogen) atoms. The lowest BCUT2D eigenvalue weighted by molar-refractivity contribution is 0.0308. The molecule has 0 aromatic heterocycles. The van der Waals surface area contributed by atoms with E-state index in [9.17, 15) is 0 Å². The zero-order valence-electron chi connectivity index (χ0n) is 13.2. The lowest BCUT2D eigenvalue weighted by Crippen LogP contribution is -2.64. The third kappa shape index (κ3) is 4.87. The zero-order valence-corrected chi connectivity index (χ0v) is 13.2. The van der Waals surface area contributed by atoms with Gasteiger partial charge in [0.1, 0.15) is 0 Å². The van der Waals surface area contributed by atoms with E-state index >= 15 is 0 Å². The summed E-state index contributed by atoms with van der Waals surface area (Å²) in [5.74, 6) is 0.